The molecule has 0 bridgehead atoms. The van der Waals surface area contributed by atoms with Crippen LogP contribution in [-0.4, -0.2) is 45.9 Å². The fraction of sp³-hybridized carbons (Fsp3) is 0.273. The molecular weight excluding hydrogens is 425 g/mol. The molecule has 0 radical (unpaired) electrons. The van der Waals surface area contributed by atoms with Gasteiger partial charge in [0.2, 0.25) is 0 Å². The van der Waals surface area contributed by atoms with Gasteiger partial charge in [-0.2, -0.15) is 0 Å². The van der Waals surface area contributed by atoms with E-state index in [1.807, 2.05) is 0 Å². The zero-order chi connectivity index (χ0) is 22.5. The molecule has 0 spiro atoms. The van der Waals surface area contributed by atoms with Gasteiger partial charge in [-0.3, -0.25) is 4.79 Å². The van der Waals surface area contributed by atoms with Gasteiger partial charge < -0.3 is 25.4 Å². The Bertz CT molecular complexity index is 1130. The van der Waals surface area contributed by atoms with Crippen molar-refractivity contribution in [3.8, 4) is 0 Å². The Morgan fingerprint density at radius 2 is 1.87 bits per heavy atom. The number of halogens is 2. The highest BCUT2D eigenvalue weighted by Gasteiger charge is 2.26. The lowest BCUT2D eigenvalue weighted by atomic mass is 10.0. The summed E-state index contributed by atoms with van der Waals surface area (Å²) in [7, 11) is 0. The highest BCUT2D eigenvalue weighted by molar-refractivity contribution is 6.31. The molecule has 31 heavy (non-hydrogen) atoms. The number of benzene rings is 2. The van der Waals surface area contributed by atoms with E-state index in [0.717, 1.165) is 6.07 Å². The number of fused-ring (bicyclic) bond motifs is 1. The third kappa shape index (κ3) is 5.04. The number of aliphatic hydroxyl groups is 2. The normalized spacial score (nSPS) is 12.2. The summed E-state index contributed by atoms with van der Waals surface area (Å²) in [6, 6.07) is 9.80. The number of aliphatic hydroxyl groups excluding tert-OH is 2. The summed E-state index contributed by atoms with van der Waals surface area (Å²) >= 11 is 5.80. The van der Waals surface area contributed by atoms with Crippen LogP contribution >= 0.6 is 11.6 Å². The van der Waals surface area contributed by atoms with Crippen LogP contribution in [-0.2, 0) is 0 Å². The van der Waals surface area contributed by atoms with Gasteiger partial charge in [0.15, 0.2) is 0 Å². The summed E-state index contributed by atoms with van der Waals surface area (Å²) in [5.74, 6) is -1.18. The molecule has 2 aromatic carbocycles. The Morgan fingerprint density at radius 1 is 1.19 bits per heavy atom. The number of nitrogens with one attached hydrogen (secondary N) is 2. The number of carbonyl (C=O) groups is 1. The molecular formula is C22H23ClFN3O4. The number of rotatable bonds is 7. The number of nitrogens with zero attached hydrogens (tertiary/aromatic N) is 1. The monoisotopic (exact) mass is 447 g/mol. The van der Waals surface area contributed by atoms with Crippen LogP contribution in [0.15, 0.2) is 53.5 Å². The van der Waals surface area contributed by atoms with Crippen LogP contribution < -0.4 is 10.9 Å². The lowest BCUT2D eigenvalue weighted by Crippen LogP contribution is -2.42. The van der Waals surface area contributed by atoms with Crippen molar-refractivity contribution in [2.45, 2.75) is 13.0 Å². The molecule has 0 fully saturated rings. The van der Waals surface area contributed by atoms with Gasteiger partial charge in [0.1, 0.15) is 5.82 Å². The van der Waals surface area contributed by atoms with Crippen LogP contribution in [0.5, 0.6) is 0 Å². The quantitative estimate of drug-likeness (QED) is 0.444. The molecule has 0 saturated carbocycles. The number of H-pyrrole nitrogens is 1. The smallest absolute Gasteiger partial charge is 0.322 e. The van der Waals surface area contributed by atoms with Crippen LogP contribution in [0.1, 0.15) is 18.5 Å². The Kier molecular flexibility index (Phi) is 7.27. The molecule has 0 aliphatic heterocycles. The summed E-state index contributed by atoms with van der Waals surface area (Å²) in [5, 5.41) is 22.8. The number of aromatic amines is 1. The van der Waals surface area contributed by atoms with E-state index in [1.165, 1.54) is 17.0 Å². The fourth-order valence-corrected chi connectivity index (χ4v) is 3.56. The maximum Gasteiger partial charge on any atom is 0.322 e. The first-order chi connectivity index (χ1) is 14.8. The van der Waals surface area contributed by atoms with E-state index in [4.69, 9.17) is 11.6 Å². The van der Waals surface area contributed by atoms with Gasteiger partial charge >= 0.3 is 6.03 Å². The third-order valence-corrected chi connectivity index (χ3v) is 5.45. The van der Waals surface area contributed by atoms with Crippen molar-refractivity contribution in [1.29, 1.82) is 0 Å². The Morgan fingerprint density at radius 3 is 2.52 bits per heavy atom. The van der Waals surface area contributed by atoms with Gasteiger partial charge in [-0.25, -0.2) is 9.18 Å². The van der Waals surface area contributed by atoms with E-state index < -0.39 is 23.8 Å². The van der Waals surface area contributed by atoms with Gasteiger partial charge in [-0.05, 0) is 42.1 Å². The van der Waals surface area contributed by atoms with Gasteiger partial charge in [0.05, 0.1) is 11.1 Å². The largest absolute Gasteiger partial charge is 0.396 e. The lowest BCUT2D eigenvalue weighted by Gasteiger charge is -2.32. The molecule has 4 N–H and O–H groups in total. The Hall–Kier alpha value is -2.94. The van der Waals surface area contributed by atoms with E-state index in [1.54, 1.807) is 37.4 Å². The van der Waals surface area contributed by atoms with Crippen molar-refractivity contribution in [2.24, 2.45) is 5.92 Å². The van der Waals surface area contributed by atoms with Crippen molar-refractivity contribution in [3.05, 3.63) is 75.4 Å². The molecule has 2 amide bonds. The maximum absolute atomic E-state index is 13.4. The van der Waals surface area contributed by atoms with Gasteiger partial charge in [0, 0.05) is 42.9 Å². The first kappa shape index (κ1) is 22.7. The zero-order valence-electron chi connectivity index (χ0n) is 16.8. The van der Waals surface area contributed by atoms with Gasteiger partial charge in [-0.15, -0.1) is 0 Å². The number of anilines is 1. The van der Waals surface area contributed by atoms with E-state index in [9.17, 15) is 24.2 Å². The second-order valence-electron chi connectivity index (χ2n) is 7.24. The predicted molar refractivity (Wildman–Crippen MR) is 118 cm³/mol. The molecule has 1 atom stereocenters. The summed E-state index contributed by atoms with van der Waals surface area (Å²) in [4.78, 5) is 29.4. The molecule has 164 valence electrons. The van der Waals surface area contributed by atoms with Crippen LogP contribution in [0.2, 0.25) is 5.02 Å². The summed E-state index contributed by atoms with van der Waals surface area (Å²) in [5.41, 5.74) is 0.744. The van der Waals surface area contributed by atoms with Gasteiger partial charge in [0.25, 0.3) is 5.56 Å². The number of urea groups is 1. The second kappa shape index (κ2) is 9.91. The van der Waals surface area contributed by atoms with Crippen LogP contribution in [0.3, 0.4) is 0 Å². The molecule has 9 heteroatoms. The summed E-state index contributed by atoms with van der Waals surface area (Å²) < 4.78 is 13.4. The lowest BCUT2D eigenvalue weighted by molar-refractivity contribution is 0.108. The minimum absolute atomic E-state index is 0.0440. The summed E-state index contributed by atoms with van der Waals surface area (Å²) in [6.45, 7) is 1.19. The summed E-state index contributed by atoms with van der Waals surface area (Å²) in [6.07, 6.45) is 1.55. The molecule has 3 aromatic rings. The molecule has 0 saturated heterocycles. The molecule has 0 unspecified atom stereocenters. The number of hydrogen-bond acceptors (Lipinski definition) is 4. The minimum atomic E-state index is -0.606. The van der Waals surface area contributed by atoms with Crippen LogP contribution in [0.25, 0.3) is 10.8 Å². The number of pyridine rings is 1. The fourth-order valence-electron chi connectivity index (χ4n) is 3.38. The van der Waals surface area contributed by atoms with Crippen molar-refractivity contribution in [3.63, 3.8) is 0 Å². The van der Waals surface area contributed by atoms with E-state index >= 15 is 0 Å². The SMILES string of the molecule is C[C@@H](c1c[nH]c(=O)c2ccccc12)N(CC(CO)CO)C(=O)Nc1ccc(F)c(Cl)c1. The maximum atomic E-state index is 13.4. The van der Waals surface area contributed by atoms with Crippen LogP contribution in [0.4, 0.5) is 14.9 Å². The van der Waals surface area contributed by atoms with Crippen LogP contribution in [0, 0.1) is 11.7 Å². The first-order valence-corrected chi connectivity index (χ1v) is 10.1. The number of hydrogen-bond donors (Lipinski definition) is 4. The third-order valence-electron chi connectivity index (χ3n) is 5.16. The predicted octanol–water partition coefficient (Wildman–Crippen LogP) is 3.52. The van der Waals surface area contributed by atoms with Gasteiger partial charge in [-0.1, -0.05) is 29.8 Å². The average molecular weight is 448 g/mol. The molecule has 1 aromatic heterocycles. The standard InChI is InChI=1S/C22H23ClFN3O4/c1-13(18-9-25-21(30)17-5-3-2-4-16(17)18)27(10-14(11-28)12-29)22(31)26-15-6-7-20(24)19(23)8-15/h2-9,13-14,28-29H,10-12H2,1H3,(H,25,30)(H,26,31)/t13-/m0/s1. The van der Waals surface area contributed by atoms with Crippen molar-refractivity contribution in [2.75, 3.05) is 25.1 Å². The van der Waals surface area contributed by atoms with E-state index in [2.05, 4.69) is 10.3 Å². The minimum Gasteiger partial charge on any atom is -0.396 e. The number of aromatic nitrogens is 1. The average Bonchev–Trinajstić information content (AvgIpc) is 2.77. The van der Waals surface area contributed by atoms with E-state index in [0.29, 0.717) is 22.0 Å². The number of amides is 2. The molecule has 1 heterocycles. The Labute approximate surface area is 183 Å². The Balaban J connectivity index is 1.98. The second-order valence-corrected chi connectivity index (χ2v) is 7.64. The zero-order valence-corrected chi connectivity index (χ0v) is 17.6. The molecule has 0 aliphatic rings. The van der Waals surface area contributed by atoms with Crippen molar-refractivity contribution in [1.82, 2.24) is 9.88 Å². The highest BCUT2D eigenvalue weighted by Crippen LogP contribution is 2.28. The topological polar surface area (TPSA) is 106 Å². The van der Waals surface area contributed by atoms with Crippen molar-refractivity contribution < 1.29 is 19.4 Å². The molecule has 0 aliphatic carbocycles. The van der Waals surface area contributed by atoms with Crippen molar-refractivity contribution >= 4 is 34.1 Å². The molecule has 3 rings (SSSR count). The van der Waals surface area contributed by atoms with E-state index in [-0.39, 0.29) is 30.3 Å². The first-order valence-electron chi connectivity index (χ1n) is 9.70. The highest BCUT2D eigenvalue weighted by atomic mass is 35.5. The number of carbonyl (C=O) groups excluding carboxylic acids is 1. The molecule has 7 nitrogen and oxygen atoms in total.